The number of benzene rings is 2. The summed E-state index contributed by atoms with van der Waals surface area (Å²) in [5.74, 6) is 0.618. The molecule has 0 atom stereocenters. The van der Waals surface area contributed by atoms with Crippen molar-refractivity contribution in [3.8, 4) is 0 Å². The van der Waals surface area contributed by atoms with Crippen LogP contribution in [0.4, 0.5) is 10.1 Å². The van der Waals surface area contributed by atoms with Gasteiger partial charge in [-0.15, -0.1) is 11.3 Å². The summed E-state index contributed by atoms with van der Waals surface area (Å²) in [6.07, 6.45) is 0.328. The highest BCUT2D eigenvalue weighted by molar-refractivity contribution is 8.00. The molecule has 0 unspecified atom stereocenters. The Morgan fingerprint density at radius 2 is 1.77 bits per heavy atom. The topological polar surface area (TPSA) is 36.4 Å². The lowest BCUT2D eigenvalue weighted by atomic mass is 10.2. The fourth-order valence-electron chi connectivity index (χ4n) is 3.29. The average Bonchev–Trinajstić information content (AvgIpc) is 3.21. The van der Waals surface area contributed by atoms with Gasteiger partial charge in [-0.1, -0.05) is 35.5 Å². The summed E-state index contributed by atoms with van der Waals surface area (Å²) >= 11 is 9.11. The Morgan fingerprint density at radius 3 is 2.47 bits per heavy atom. The number of hydrogen-bond acceptors (Lipinski definition) is 5. The van der Waals surface area contributed by atoms with Gasteiger partial charge in [0.25, 0.3) is 0 Å². The van der Waals surface area contributed by atoms with Gasteiger partial charge < -0.3 is 9.80 Å². The fraction of sp³-hybridized carbons (Fsp3) is 0.273. The smallest absolute Gasteiger partial charge is 0.228 e. The zero-order valence-electron chi connectivity index (χ0n) is 16.3. The van der Waals surface area contributed by atoms with Gasteiger partial charge in [0.1, 0.15) is 10.2 Å². The number of anilines is 1. The molecule has 0 radical (unpaired) electrons. The first-order chi connectivity index (χ1) is 14.6. The molecule has 0 spiro atoms. The zero-order valence-corrected chi connectivity index (χ0v) is 18.7. The molecule has 4 nitrogen and oxygen atoms in total. The summed E-state index contributed by atoms with van der Waals surface area (Å²) in [4.78, 5) is 21.5. The van der Waals surface area contributed by atoms with Crippen LogP contribution in [0, 0.1) is 5.82 Å². The first-order valence-corrected chi connectivity index (χ1v) is 11.9. The molecule has 0 bridgehead atoms. The number of amides is 1. The molecule has 1 aliphatic rings. The molecule has 3 aromatic rings. The van der Waals surface area contributed by atoms with Crippen molar-refractivity contribution in [3.63, 3.8) is 0 Å². The molecule has 4 rings (SSSR count). The molecule has 8 heteroatoms. The molecule has 2 heterocycles. The molecule has 0 N–H and O–H groups in total. The summed E-state index contributed by atoms with van der Waals surface area (Å²) in [6.45, 7) is 3.03. The van der Waals surface area contributed by atoms with Crippen molar-refractivity contribution < 1.29 is 9.18 Å². The van der Waals surface area contributed by atoms with E-state index in [0.717, 1.165) is 45.1 Å². The van der Waals surface area contributed by atoms with Gasteiger partial charge in [0.15, 0.2) is 0 Å². The van der Waals surface area contributed by atoms with E-state index in [2.05, 4.69) is 9.88 Å². The van der Waals surface area contributed by atoms with Gasteiger partial charge in [0.05, 0.1) is 12.1 Å². The molecule has 156 valence electrons. The number of thioether (sulfide) groups is 1. The van der Waals surface area contributed by atoms with Crippen LogP contribution in [-0.2, 0) is 17.0 Å². The highest BCUT2D eigenvalue weighted by Gasteiger charge is 2.22. The lowest BCUT2D eigenvalue weighted by Crippen LogP contribution is -2.49. The van der Waals surface area contributed by atoms with E-state index in [1.165, 1.54) is 12.1 Å². The maximum absolute atomic E-state index is 13.0. The molecule has 30 heavy (non-hydrogen) atoms. The monoisotopic (exact) mass is 461 g/mol. The lowest BCUT2D eigenvalue weighted by Gasteiger charge is -2.36. The van der Waals surface area contributed by atoms with Crippen LogP contribution in [0.2, 0.25) is 5.02 Å². The van der Waals surface area contributed by atoms with Crippen LogP contribution < -0.4 is 4.90 Å². The van der Waals surface area contributed by atoms with Gasteiger partial charge in [-0.25, -0.2) is 9.37 Å². The van der Waals surface area contributed by atoms with E-state index in [1.807, 2.05) is 34.5 Å². The van der Waals surface area contributed by atoms with Gasteiger partial charge >= 0.3 is 0 Å². The molecule has 0 aliphatic carbocycles. The number of piperazine rings is 1. The van der Waals surface area contributed by atoms with E-state index in [9.17, 15) is 9.18 Å². The molecule has 1 aliphatic heterocycles. The van der Waals surface area contributed by atoms with Crippen LogP contribution in [0.25, 0.3) is 0 Å². The van der Waals surface area contributed by atoms with Crippen LogP contribution in [-0.4, -0.2) is 42.0 Å². The minimum atomic E-state index is -0.229. The second kappa shape index (κ2) is 9.81. The van der Waals surface area contributed by atoms with Crippen LogP contribution in [0.1, 0.15) is 11.3 Å². The molecule has 2 aromatic carbocycles. The number of carbonyl (C=O) groups excluding carboxylic acids is 1. The molecule has 0 saturated carbocycles. The van der Waals surface area contributed by atoms with Crippen molar-refractivity contribution >= 4 is 46.3 Å². The van der Waals surface area contributed by atoms with E-state index < -0.39 is 0 Å². The van der Waals surface area contributed by atoms with E-state index in [-0.39, 0.29) is 11.7 Å². The Morgan fingerprint density at radius 1 is 1.07 bits per heavy atom. The zero-order chi connectivity index (χ0) is 20.9. The Balaban J connectivity index is 1.25. The number of rotatable bonds is 6. The minimum absolute atomic E-state index is 0.117. The second-order valence-electron chi connectivity index (χ2n) is 7.04. The SMILES string of the molecule is O=C(Cc1csc(SCc2ccc(F)cc2)n1)N1CCN(c2ccc(Cl)cc2)CC1. The number of carbonyl (C=O) groups is 1. The summed E-state index contributed by atoms with van der Waals surface area (Å²) < 4.78 is 13.9. The third-order valence-electron chi connectivity index (χ3n) is 4.96. The summed E-state index contributed by atoms with van der Waals surface area (Å²) in [5.41, 5.74) is 2.99. The molecule has 1 amide bonds. The van der Waals surface area contributed by atoms with Crippen molar-refractivity contribution in [3.05, 3.63) is 76.0 Å². The lowest BCUT2D eigenvalue weighted by molar-refractivity contribution is -0.130. The van der Waals surface area contributed by atoms with E-state index >= 15 is 0 Å². The third kappa shape index (κ3) is 5.53. The third-order valence-corrected chi connectivity index (χ3v) is 7.36. The van der Waals surface area contributed by atoms with Gasteiger partial charge in [-0.05, 0) is 42.0 Å². The van der Waals surface area contributed by atoms with Crippen molar-refractivity contribution in [1.82, 2.24) is 9.88 Å². The minimum Gasteiger partial charge on any atom is -0.368 e. The van der Waals surface area contributed by atoms with Gasteiger partial charge in [-0.2, -0.15) is 0 Å². The first kappa shape index (κ1) is 21.2. The Hall–Kier alpha value is -2.09. The largest absolute Gasteiger partial charge is 0.368 e. The van der Waals surface area contributed by atoms with Crippen LogP contribution in [0.3, 0.4) is 0 Å². The van der Waals surface area contributed by atoms with E-state index in [4.69, 9.17) is 11.6 Å². The van der Waals surface area contributed by atoms with Crippen molar-refractivity contribution in [1.29, 1.82) is 0 Å². The summed E-state index contributed by atoms with van der Waals surface area (Å²) in [5, 5.41) is 2.68. The van der Waals surface area contributed by atoms with Gasteiger partial charge in [0, 0.05) is 48.0 Å². The Kier molecular flexibility index (Phi) is 6.92. The number of nitrogens with zero attached hydrogens (tertiary/aromatic N) is 3. The number of halogens is 2. The molecule has 1 fully saturated rings. The van der Waals surface area contributed by atoms with Crippen molar-refractivity contribution in [2.45, 2.75) is 16.5 Å². The average molecular weight is 462 g/mol. The van der Waals surface area contributed by atoms with Crippen molar-refractivity contribution in [2.75, 3.05) is 31.1 Å². The predicted octanol–water partition coefficient (Wildman–Crippen LogP) is 5.12. The summed E-state index contributed by atoms with van der Waals surface area (Å²) in [7, 11) is 0. The normalized spacial score (nSPS) is 14.2. The predicted molar refractivity (Wildman–Crippen MR) is 122 cm³/mol. The first-order valence-electron chi connectivity index (χ1n) is 9.67. The maximum Gasteiger partial charge on any atom is 0.228 e. The number of thiazole rings is 1. The second-order valence-corrected chi connectivity index (χ2v) is 9.56. The number of hydrogen-bond donors (Lipinski definition) is 0. The van der Waals surface area contributed by atoms with Crippen LogP contribution in [0.5, 0.6) is 0 Å². The standard InChI is InChI=1S/C22H21ClFN3OS2/c23-17-3-7-20(8-4-17)26-9-11-27(12-10-26)21(28)13-19-15-30-22(25-19)29-14-16-1-5-18(24)6-2-16/h1-8,15H,9-14H2. The molecular formula is C22H21ClFN3OS2. The van der Waals surface area contributed by atoms with Crippen LogP contribution >= 0.6 is 34.7 Å². The highest BCUT2D eigenvalue weighted by Crippen LogP contribution is 2.27. The molecular weight excluding hydrogens is 441 g/mol. The highest BCUT2D eigenvalue weighted by atomic mass is 35.5. The van der Waals surface area contributed by atoms with Gasteiger partial charge in [-0.3, -0.25) is 4.79 Å². The number of aromatic nitrogens is 1. The quantitative estimate of drug-likeness (QED) is 0.477. The van der Waals surface area contributed by atoms with Crippen molar-refractivity contribution in [2.24, 2.45) is 0 Å². The Labute approximate surface area is 188 Å². The van der Waals surface area contributed by atoms with E-state index in [0.29, 0.717) is 19.5 Å². The molecule has 1 saturated heterocycles. The Bertz CT molecular complexity index is 986. The fourth-order valence-corrected chi connectivity index (χ4v) is 5.22. The molecule has 1 aromatic heterocycles. The van der Waals surface area contributed by atoms with Gasteiger partial charge in [0.2, 0.25) is 5.91 Å². The van der Waals surface area contributed by atoms with E-state index in [1.54, 1.807) is 35.2 Å². The van der Waals surface area contributed by atoms with Crippen LogP contribution in [0.15, 0.2) is 58.3 Å². The maximum atomic E-state index is 13.0. The summed E-state index contributed by atoms with van der Waals surface area (Å²) in [6, 6.07) is 14.3.